The quantitative estimate of drug-likeness (QED) is 0.843. The van der Waals surface area contributed by atoms with Crippen molar-refractivity contribution >= 4 is 11.9 Å². The molecule has 0 bridgehead atoms. The average Bonchev–Trinajstić information content (AvgIpc) is 2.66. The first-order valence-electron chi connectivity index (χ1n) is 8.57. The van der Waals surface area contributed by atoms with Crippen molar-refractivity contribution in [2.75, 3.05) is 18.9 Å². The number of carbonyl (C=O) groups excluding carboxylic acids is 1. The van der Waals surface area contributed by atoms with Crippen LogP contribution in [0.15, 0.2) is 24.3 Å². The molecule has 0 atom stereocenters. The Morgan fingerprint density at radius 3 is 2.82 bits per heavy atom. The van der Waals surface area contributed by atoms with Crippen LogP contribution in [0.3, 0.4) is 0 Å². The van der Waals surface area contributed by atoms with Crippen LogP contribution in [0.25, 0.3) is 11.1 Å². The van der Waals surface area contributed by atoms with E-state index in [1.54, 1.807) is 6.92 Å². The number of halogens is 3. The lowest BCUT2D eigenvalue weighted by atomic mass is 9.90. The summed E-state index contributed by atoms with van der Waals surface area (Å²) in [6, 6.07) is 6.62. The summed E-state index contributed by atoms with van der Waals surface area (Å²) >= 11 is 0. The summed E-state index contributed by atoms with van der Waals surface area (Å²) in [5.74, 6) is -0.0433. The molecule has 0 fully saturated rings. The zero-order valence-electron chi connectivity index (χ0n) is 15.0. The Balaban J connectivity index is 2.18. The van der Waals surface area contributed by atoms with Crippen LogP contribution in [0.2, 0.25) is 0 Å². The highest BCUT2D eigenvalue weighted by atomic mass is 19.4. The molecule has 0 unspecified atom stereocenters. The van der Waals surface area contributed by atoms with Crippen molar-refractivity contribution in [3.05, 3.63) is 46.6 Å². The van der Waals surface area contributed by atoms with E-state index in [0.29, 0.717) is 24.2 Å². The summed E-state index contributed by atoms with van der Waals surface area (Å²) in [5, 5.41) is 9.55. The smallest absolute Gasteiger partial charge is 0.416 e. The second kappa shape index (κ2) is 7.38. The molecule has 1 amide bonds. The molecule has 146 valence electrons. The SMILES string of the molecule is CCOC(=O)N1CCc2nc(N)c(C#N)c(-c3cccc(C(F)(F)F)c3)c2C1. The van der Waals surface area contributed by atoms with Gasteiger partial charge in [0.05, 0.1) is 24.4 Å². The molecule has 0 aliphatic carbocycles. The molecule has 2 N–H and O–H groups in total. The third kappa shape index (κ3) is 3.58. The molecule has 28 heavy (non-hydrogen) atoms. The highest BCUT2D eigenvalue weighted by Gasteiger charge is 2.32. The van der Waals surface area contributed by atoms with Gasteiger partial charge in [0.1, 0.15) is 17.5 Å². The molecular formula is C19H17F3N4O2. The van der Waals surface area contributed by atoms with Gasteiger partial charge >= 0.3 is 12.3 Å². The molecule has 0 radical (unpaired) electrons. The van der Waals surface area contributed by atoms with E-state index < -0.39 is 17.8 Å². The van der Waals surface area contributed by atoms with Gasteiger partial charge in [-0.2, -0.15) is 18.4 Å². The van der Waals surface area contributed by atoms with Gasteiger partial charge in [-0.25, -0.2) is 9.78 Å². The Bertz CT molecular complexity index is 967. The van der Waals surface area contributed by atoms with Gasteiger partial charge in [0, 0.05) is 24.1 Å². The van der Waals surface area contributed by atoms with Gasteiger partial charge in [0.2, 0.25) is 0 Å². The second-order valence-corrected chi connectivity index (χ2v) is 6.23. The summed E-state index contributed by atoms with van der Waals surface area (Å²) in [5.41, 5.74) is 6.58. The van der Waals surface area contributed by atoms with Crippen LogP contribution in [0.1, 0.15) is 29.3 Å². The predicted octanol–water partition coefficient (Wildman–Crippen LogP) is 3.74. The van der Waals surface area contributed by atoms with Crippen molar-refractivity contribution in [3.63, 3.8) is 0 Å². The molecule has 9 heteroatoms. The highest BCUT2D eigenvalue weighted by molar-refractivity contribution is 5.80. The van der Waals surface area contributed by atoms with Crippen molar-refractivity contribution in [1.29, 1.82) is 5.26 Å². The zero-order chi connectivity index (χ0) is 20.5. The van der Waals surface area contributed by atoms with Gasteiger partial charge in [-0.3, -0.25) is 0 Å². The largest absolute Gasteiger partial charge is 0.450 e. The van der Waals surface area contributed by atoms with E-state index in [1.165, 1.54) is 17.0 Å². The highest BCUT2D eigenvalue weighted by Crippen LogP contribution is 2.38. The van der Waals surface area contributed by atoms with Crippen molar-refractivity contribution in [3.8, 4) is 17.2 Å². The van der Waals surface area contributed by atoms with E-state index in [9.17, 15) is 23.2 Å². The molecule has 1 aliphatic heterocycles. The number of aromatic nitrogens is 1. The van der Waals surface area contributed by atoms with Crippen molar-refractivity contribution in [2.45, 2.75) is 26.1 Å². The van der Waals surface area contributed by atoms with E-state index in [0.717, 1.165) is 12.1 Å². The third-order valence-electron chi connectivity index (χ3n) is 4.50. The number of rotatable bonds is 2. The zero-order valence-corrected chi connectivity index (χ0v) is 15.0. The molecule has 1 aliphatic rings. The number of ether oxygens (including phenoxy) is 1. The molecule has 1 aromatic carbocycles. The lowest BCUT2D eigenvalue weighted by Crippen LogP contribution is -2.37. The van der Waals surface area contributed by atoms with E-state index in [1.807, 2.05) is 6.07 Å². The first kappa shape index (κ1) is 19.5. The summed E-state index contributed by atoms with van der Waals surface area (Å²) in [6.07, 6.45) is -4.70. The maximum Gasteiger partial charge on any atom is 0.416 e. The van der Waals surface area contributed by atoms with Crippen molar-refractivity contribution in [1.82, 2.24) is 9.88 Å². The number of nitrogens with two attached hydrogens (primary N) is 1. The average molecular weight is 390 g/mol. The normalized spacial score (nSPS) is 13.6. The third-order valence-corrected chi connectivity index (χ3v) is 4.50. The fourth-order valence-corrected chi connectivity index (χ4v) is 3.23. The van der Waals surface area contributed by atoms with Crippen LogP contribution < -0.4 is 5.73 Å². The monoisotopic (exact) mass is 390 g/mol. The molecule has 2 aromatic rings. The minimum Gasteiger partial charge on any atom is -0.450 e. The van der Waals surface area contributed by atoms with Crippen LogP contribution in [0, 0.1) is 11.3 Å². The number of nitriles is 1. The van der Waals surface area contributed by atoms with Crippen LogP contribution in [0.4, 0.5) is 23.8 Å². The van der Waals surface area contributed by atoms with Crippen molar-refractivity contribution in [2.24, 2.45) is 0 Å². The minimum atomic E-state index is -4.53. The maximum atomic E-state index is 13.2. The number of anilines is 1. The van der Waals surface area contributed by atoms with Gasteiger partial charge in [0.15, 0.2) is 0 Å². The van der Waals surface area contributed by atoms with Crippen LogP contribution in [0.5, 0.6) is 0 Å². The number of alkyl halides is 3. The predicted molar refractivity (Wildman–Crippen MR) is 94.9 cm³/mol. The Hall–Kier alpha value is -3.28. The summed E-state index contributed by atoms with van der Waals surface area (Å²) < 4.78 is 44.5. The molecule has 3 rings (SSSR count). The molecule has 2 heterocycles. The molecule has 6 nitrogen and oxygen atoms in total. The fraction of sp³-hybridized carbons (Fsp3) is 0.316. The number of carbonyl (C=O) groups is 1. The van der Waals surface area contributed by atoms with Gasteiger partial charge < -0.3 is 15.4 Å². The Kier molecular flexibility index (Phi) is 5.14. The lowest BCUT2D eigenvalue weighted by molar-refractivity contribution is -0.137. The topological polar surface area (TPSA) is 92.2 Å². The Morgan fingerprint density at radius 2 is 2.18 bits per heavy atom. The number of nitrogens with zero attached hydrogens (tertiary/aromatic N) is 3. The summed E-state index contributed by atoms with van der Waals surface area (Å²) in [7, 11) is 0. The molecule has 0 saturated carbocycles. The molecular weight excluding hydrogens is 373 g/mol. The molecule has 1 aromatic heterocycles. The number of benzene rings is 1. The van der Waals surface area contributed by atoms with Gasteiger partial charge in [-0.15, -0.1) is 0 Å². The van der Waals surface area contributed by atoms with Gasteiger partial charge in [-0.1, -0.05) is 12.1 Å². The molecule has 0 saturated heterocycles. The Morgan fingerprint density at radius 1 is 1.43 bits per heavy atom. The van der Waals surface area contributed by atoms with Crippen LogP contribution >= 0.6 is 0 Å². The van der Waals surface area contributed by atoms with E-state index in [-0.39, 0.29) is 35.7 Å². The lowest BCUT2D eigenvalue weighted by Gasteiger charge is -2.30. The minimum absolute atomic E-state index is 0.0104. The second-order valence-electron chi connectivity index (χ2n) is 6.23. The Labute approximate surface area is 159 Å². The van der Waals surface area contributed by atoms with Crippen LogP contribution in [-0.2, 0) is 23.9 Å². The van der Waals surface area contributed by atoms with E-state index >= 15 is 0 Å². The number of amides is 1. The standard InChI is InChI=1S/C19H17F3N4O2/c1-2-28-18(27)26-7-6-15-14(10-26)16(13(9-23)17(24)25-15)11-4-3-5-12(8-11)19(20,21)22/h3-5,8H,2,6-7,10H2,1H3,(H2,24,25). The number of nitrogen functional groups attached to an aromatic ring is 1. The summed E-state index contributed by atoms with van der Waals surface area (Å²) in [4.78, 5) is 17.8. The number of fused-ring (bicyclic) bond motifs is 1. The van der Waals surface area contributed by atoms with Crippen LogP contribution in [-0.4, -0.2) is 29.1 Å². The van der Waals surface area contributed by atoms with E-state index in [4.69, 9.17) is 10.5 Å². The number of hydrogen-bond acceptors (Lipinski definition) is 5. The fourth-order valence-electron chi connectivity index (χ4n) is 3.23. The number of pyridine rings is 1. The van der Waals surface area contributed by atoms with Gasteiger partial charge in [-0.05, 0) is 24.6 Å². The first-order chi connectivity index (χ1) is 13.3. The molecule has 0 spiro atoms. The number of hydrogen-bond donors (Lipinski definition) is 1. The maximum absolute atomic E-state index is 13.2. The van der Waals surface area contributed by atoms with Crippen molar-refractivity contribution < 1.29 is 22.7 Å². The van der Waals surface area contributed by atoms with Gasteiger partial charge in [0.25, 0.3) is 0 Å². The summed E-state index contributed by atoms with van der Waals surface area (Å²) in [6.45, 7) is 2.29. The van der Waals surface area contributed by atoms with E-state index in [2.05, 4.69) is 4.98 Å². The first-order valence-corrected chi connectivity index (χ1v) is 8.57.